The van der Waals surface area contributed by atoms with Gasteiger partial charge in [0.05, 0.1) is 12.7 Å². The monoisotopic (exact) mass is 226 g/mol. The maximum atomic E-state index is 5.81. The van der Waals surface area contributed by atoms with Gasteiger partial charge in [-0.2, -0.15) is 0 Å². The number of benzene rings is 1. The molecular weight excluding hydrogens is 212 g/mol. The van der Waals surface area contributed by atoms with E-state index in [0.29, 0.717) is 6.61 Å². The molecule has 15 heavy (non-hydrogen) atoms. The van der Waals surface area contributed by atoms with Crippen LogP contribution in [0.3, 0.4) is 0 Å². The molecular formula is C12H15ClO2. The number of aryl methyl sites for hydroxylation is 1. The Morgan fingerprint density at radius 1 is 1.33 bits per heavy atom. The van der Waals surface area contributed by atoms with E-state index in [4.69, 9.17) is 21.1 Å². The third-order valence-corrected chi connectivity index (χ3v) is 2.73. The van der Waals surface area contributed by atoms with Crippen LogP contribution in [0.15, 0.2) is 24.3 Å². The Morgan fingerprint density at radius 3 is 2.67 bits per heavy atom. The molecule has 0 amide bonds. The first kappa shape index (κ1) is 10.9. The van der Waals surface area contributed by atoms with Crippen LogP contribution in [0.5, 0.6) is 0 Å². The second-order valence-electron chi connectivity index (χ2n) is 3.87. The number of rotatable bonds is 3. The van der Waals surface area contributed by atoms with E-state index in [1.54, 1.807) is 0 Å². The lowest BCUT2D eigenvalue weighted by molar-refractivity contribution is -0.0587. The van der Waals surface area contributed by atoms with Crippen LogP contribution >= 0.6 is 11.6 Å². The fraction of sp³-hybridized carbons (Fsp3) is 0.500. The number of hydrogen-bond donors (Lipinski definition) is 0. The summed E-state index contributed by atoms with van der Waals surface area (Å²) in [7, 11) is 0. The maximum absolute atomic E-state index is 5.81. The molecule has 0 aliphatic carbocycles. The fourth-order valence-corrected chi connectivity index (χ4v) is 1.79. The van der Waals surface area contributed by atoms with Gasteiger partial charge in [0.2, 0.25) is 0 Å². The van der Waals surface area contributed by atoms with Gasteiger partial charge in [0.1, 0.15) is 0 Å². The van der Waals surface area contributed by atoms with Gasteiger partial charge in [0, 0.05) is 11.4 Å². The molecule has 3 heteroatoms. The molecule has 0 bridgehead atoms. The molecule has 0 N–H and O–H groups in total. The van der Waals surface area contributed by atoms with E-state index >= 15 is 0 Å². The smallest absolute Gasteiger partial charge is 0.158 e. The summed E-state index contributed by atoms with van der Waals surface area (Å²) >= 11 is 5.81. The van der Waals surface area contributed by atoms with Gasteiger partial charge < -0.3 is 9.47 Å². The zero-order valence-corrected chi connectivity index (χ0v) is 9.54. The van der Waals surface area contributed by atoms with Gasteiger partial charge >= 0.3 is 0 Å². The summed E-state index contributed by atoms with van der Waals surface area (Å²) in [5.41, 5.74) is 1.27. The van der Waals surface area contributed by atoms with Gasteiger partial charge in [0.25, 0.3) is 0 Å². The standard InChI is InChI=1S/C12H15ClO2/c1-9-8-14-12(15-9)7-4-10-2-5-11(13)6-3-10/h2-3,5-6,9,12H,4,7-8H2,1H3/t9-,12-/m1/s1. The fourth-order valence-electron chi connectivity index (χ4n) is 1.67. The first-order valence-corrected chi connectivity index (χ1v) is 5.63. The van der Waals surface area contributed by atoms with E-state index in [2.05, 4.69) is 0 Å². The van der Waals surface area contributed by atoms with Crippen molar-refractivity contribution >= 4 is 11.6 Å². The molecule has 1 heterocycles. The van der Waals surface area contributed by atoms with Gasteiger partial charge in [-0.1, -0.05) is 23.7 Å². The molecule has 0 unspecified atom stereocenters. The van der Waals surface area contributed by atoms with E-state index in [0.717, 1.165) is 17.9 Å². The average Bonchev–Trinajstić information content (AvgIpc) is 2.64. The number of halogens is 1. The quantitative estimate of drug-likeness (QED) is 0.789. The third kappa shape index (κ3) is 3.20. The largest absolute Gasteiger partial charge is 0.350 e. The maximum Gasteiger partial charge on any atom is 0.158 e. The van der Waals surface area contributed by atoms with Crippen LogP contribution in [0.4, 0.5) is 0 Å². The Balaban J connectivity index is 1.80. The van der Waals surface area contributed by atoms with Crippen molar-refractivity contribution in [2.45, 2.75) is 32.2 Å². The van der Waals surface area contributed by atoms with Crippen molar-refractivity contribution in [3.63, 3.8) is 0 Å². The first-order valence-electron chi connectivity index (χ1n) is 5.25. The van der Waals surface area contributed by atoms with Crippen LogP contribution in [0, 0.1) is 0 Å². The minimum atomic E-state index is -0.0318. The summed E-state index contributed by atoms with van der Waals surface area (Å²) in [4.78, 5) is 0. The van der Waals surface area contributed by atoms with E-state index in [9.17, 15) is 0 Å². The highest BCUT2D eigenvalue weighted by atomic mass is 35.5. The van der Waals surface area contributed by atoms with E-state index in [1.807, 2.05) is 31.2 Å². The van der Waals surface area contributed by atoms with Crippen LogP contribution in [0.25, 0.3) is 0 Å². The molecule has 1 fully saturated rings. The van der Waals surface area contributed by atoms with E-state index in [-0.39, 0.29) is 12.4 Å². The molecule has 82 valence electrons. The Morgan fingerprint density at radius 2 is 2.07 bits per heavy atom. The molecule has 0 saturated carbocycles. The van der Waals surface area contributed by atoms with Crippen LogP contribution < -0.4 is 0 Å². The Kier molecular flexibility index (Phi) is 3.62. The second kappa shape index (κ2) is 4.97. The molecule has 1 aliphatic rings. The lowest BCUT2D eigenvalue weighted by atomic mass is 10.1. The van der Waals surface area contributed by atoms with Crippen molar-refractivity contribution in [2.75, 3.05) is 6.61 Å². The van der Waals surface area contributed by atoms with Crippen LogP contribution in [0.1, 0.15) is 18.9 Å². The zero-order chi connectivity index (χ0) is 10.7. The topological polar surface area (TPSA) is 18.5 Å². The van der Waals surface area contributed by atoms with Crippen LogP contribution in [-0.2, 0) is 15.9 Å². The van der Waals surface area contributed by atoms with Gasteiger partial charge in [0.15, 0.2) is 6.29 Å². The Labute approximate surface area is 95.1 Å². The highest BCUT2D eigenvalue weighted by Crippen LogP contribution is 2.17. The van der Waals surface area contributed by atoms with Crippen LogP contribution in [-0.4, -0.2) is 19.0 Å². The SMILES string of the molecule is C[C@@H]1CO[C@@H](CCc2ccc(Cl)cc2)O1. The highest BCUT2D eigenvalue weighted by Gasteiger charge is 2.21. The average molecular weight is 227 g/mol. The summed E-state index contributed by atoms with van der Waals surface area (Å²) in [5, 5.41) is 0.778. The van der Waals surface area contributed by atoms with Crippen LogP contribution in [0.2, 0.25) is 5.02 Å². The molecule has 2 rings (SSSR count). The summed E-state index contributed by atoms with van der Waals surface area (Å²) in [6, 6.07) is 7.91. The van der Waals surface area contributed by atoms with E-state index in [1.165, 1.54) is 5.56 Å². The summed E-state index contributed by atoms with van der Waals surface area (Å²) < 4.78 is 11.0. The van der Waals surface area contributed by atoms with Gasteiger partial charge in [-0.15, -0.1) is 0 Å². The second-order valence-corrected chi connectivity index (χ2v) is 4.31. The summed E-state index contributed by atoms with van der Waals surface area (Å²) in [6.07, 6.45) is 2.08. The minimum Gasteiger partial charge on any atom is -0.350 e. The van der Waals surface area contributed by atoms with Crippen molar-refractivity contribution in [3.8, 4) is 0 Å². The van der Waals surface area contributed by atoms with Gasteiger partial charge in [-0.05, 0) is 31.0 Å². The van der Waals surface area contributed by atoms with Crippen molar-refractivity contribution in [1.82, 2.24) is 0 Å². The van der Waals surface area contributed by atoms with Crippen molar-refractivity contribution in [3.05, 3.63) is 34.9 Å². The predicted molar refractivity (Wildman–Crippen MR) is 60.1 cm³/mol. The molecule has 0 radical (unpaired) electrons. The molecule has 1 aliphatic heterocycles. The molecule has 2 nitrogen and oxygen atoms in total. The van der Waals surface area contributed by atoms with Crippen molar-refractivity contribution in [2.24, 2.45) is 0 Å². The number of ether oxygens (including phenoxy) is 2. The van der Waals surface area contributed by atoms with Gasteiger partial charge in [-0.3, -0.25) is 0 Å². The van der Waals surface area contributed by atoms with Crippen molar-refractivity contribution in [1.29, 1.82) is 0 Å². The van der Waals surface area contributed by atoms with Gasteiger partial charge in [-0.25, -0.2) is 0 Å². The Bertz CT molecular complexity index is 310. The third-order valence-electron chi connectivity index (χ3n) is 2.48. The normalized spacial score (nSPS) is 25.7. The predicted octanol–water partition coefficient (Wildman–Crippen LogP) is 3.03. The molecule has 1 saturated heterocycles. The molecule has 1 aromatic rings. The van der Waals surface area contributed by atoms with E-state index < -0.39 is 0 Å². The lowest BCUT2D eigenvalue weighted by Gasteiger charge is -2.09. The molecule has 2 atom stereocenters. The summed E-state index contributed by atoms with van der Waals surface area (Å²) in [6.45, 7) is 2.74. The lowest BCUT2D eigenvalue weighted by Crippen LogP contribution is -2.10. The summed E-state index contributed by atoms with van der Waals surface area (Å²) in [5.74, 6) is 0. The minimum absolute atomic E-state index is 0.0318. The van der Waals surface area contributed by atoms with Crippen molar-refractivity contribution < 1.29 is 9.47 Å². The molecule has 1 aromatic carbocycles. The first-order chi connectivity index (χ1) is 7.24. The highest BCUT2D eigenvalue weighted by molar-refractivity contribution is 6.30. The number of hydrogen-bond acceptors (Lipinski definition) is 2. The molecule has 0 spiro atoms. The Hall–Kier alpha value is -0.570. The molecule has 0 aromatic heterocycles. The zero-order valence-electron chi connectivity index (χ0n) is 8.78.